The fraction of sp³-hybridized carbons (Fsp3) is 0.986. The number of rotatable bonds is 61. The SMILES string of the molecule is CCCCCCCCCCCCCCCCCCCCCCCCCCCC(=O)NC(COC1OC(CO)C(OC2OC(CO)C(OC3OC(CO)C(O)C(O)C3O)C(O)C2O)C(O)C1O)C(O)CCCCCCCCCCCCCCCCCCCCCCCC. The first-order valence-corrected chi connectivity index (χ1v) is 38.3. The third-order valence-corrected chi connectivity index (χ3v) is 19.7. The van der Waals surface area contributed by atoms with E-state index in [9.17, 15) is 61.0 Å². The van der Waals surface area contributed by atoms with E-state index in [2.05, 4.69) is 19.2 Å². The van der Waals surface area contributed by atoms with Gasteiger partial charge in [0.05, 0.1) is 38.6 Å². The molecule has 0 saturated carbocycles. The normalized spacial score (nSPS) is 27.6. The molecule has 3 aliphatic heterocycles. The van der Waals surface area contributed by atoms with E-state index in [1.54, 1.807) is 0 Å². The third-order valence-electron chi connectivity index (χ3n) is 19.7. The number of aliphatic hydroxyl groups is 11. The summed E-state index contributed by atoms with van der Waals surface area (Å²) in [4.78, 5) is 13.5. The molecule has 546 valence electrons. The molecule has 3 aliphatic rings. The second-order valence-corrected chi connectivity index (χ2v) is 27.8. The number of unbranched alkanes of at least 4 members (excludes halogenated alkanes) is 45. The number of amides is 1. The second-order valence-electron chi connectivity index (χ2n) is 27.8. The van der Waals surface area contributed by atoms with Crippen LogP contribution in [0.25, 0.3) is 0 Å². The summed E-state index contributed by atoms with van der Waals surface area (Å²) in [6.07, 6.45) is 34.7. The van der Waals surface area contributed by atoms with E-state index in [1.807, 2.05) is 0 Å². The Hall–Kier alpha value is -1.21. The Labute approximate surface area is 557 Å². The Bertz CT molecular complexity index is 1670. The Morgan fingerprint density at radius 3 is 0.946 bits per heavy atom. The highest BCUT2D eigenvalue weighted by Gasteiger charge is 2.53. The van der Waals surface area contributed by atoms with Crippen LogP contribution in [0.15, 0.2) is 0 Å². The quantitative estimate of drug-likeness (QED) is 0.0252. The zero-order valence-corrected chi connectivity index (χ0v) is 58.1. The van der Waals surface area contributed by atoms with E-state index in [0.29, 0.717) is 12.8 Å². The zero-order chi connectivity index (χ0) is 66.8. The molecule has 3 saturated heterocycles. The maximum Gasteiger partial charge on any atom is 0.220 e. The van der Waals surface area contributed by atoms with Gasteiger partial charge in [-0.15, -0.1) is 0 Å². The van der Waals surface area contributed by atoms with E-state index in [0.717, 1.165) is 44.9 Å². The topological polar surface area (TPSA) is 307 Å². The minimum Gasteiger partial charge on any atom is -0.394 e. The van der Waals surface area contributed by atoms with Gasteiger partial charge in [-0.25, -0.2) is 0 Å². The number of hydrogen-bond acceptors (Lipinski definition) is 18. The van der Waals surface area contributed by atoms with Crippen LogP contribution in [0.2, 0.25) is 0 Å². The van der Waals surface area contributed by atoms with Crippen molar-refractivity contribution in [1.82, 2.24) is 5.32 Å². The fourth-order valence-corrected chi connectivity index (χ4v) is 13.5. The summed E-state index contributed by atoms with van der Waals surface area (Å²) >= 11 is 0. The predicted molar refractivity (Wildman–Crippen MR) is 361 cm³/mol. The van der Waals surface area contributed by atoms with Crippen LogP contribution in [0.4, 0.5) is 0 Å². The van der Waals surface area contributed by atoms with Crippen molar-refractivity contribution in [2.45, 2.75) is 433 Å². The van der Waals surface area contributed by atoms with Crippen molar-refractivity contribution in [2.75, 3.05) is 26.4 Å². The highest BCUT2D eigenvalue weighted by atomic mass is 16.8. The van der Waals surface area contributed by atoms with Crippen molar-refractivity contribution >= 4 is 5.91 Å². The number of hydrogen-bond donors (Lipinski definition) is 12. The Morgan fingerprint density at radius 1 is 0.348 bits per heavy atom. The average molecular weight is 1320 g/mol. The molecule has 0 aliphatic carbocycles. The van der Waals surface area contributed by atoms with Gasteiger partial charge in [0.15, 0.2) is 18.9 Å². The molecule has 12 N–H and O–H groups in total. The van der Waals surface area contributed by atoms with Gasteiger partial charge in [-0.1, -0.05) is 309 Å². The monoisotopic (exact) mass is 1320 g/mol. The molecular weight excluding hydrogens is 1180 g/mol. The first-order chi connectivity index (χ1) is 44.8. The number of nitrogens with one attached hydrogen (secondary N) is 1. The summed E-state index contributed by atoms with van der Waals surface area (Å²) in [5, 5.41) is 121. The van der Waals surface area contributed by atoms with Crippen molar-refractivity contribution in [2.24, 2.45) is 0 Å². The van der Waals surface area contributed by atoms with Gasteiger partial charge >= 0.3 is 0 Å². The van der Waals surface area contributed by atoms with E-state index < -0.39 is 124 Å². The molecule has 3 rings (SSSR count). The molecule has 3 fully saturated rings. The third kappa shape index (κ3) is 36.6. The maximum atomic E-state index is 13.5. The molecule has 0 spiro atoms. The first kappa shape index (κ1) is 85.0. The molecular formula is C73H141NO18. The zero-order valence-electron chi connectivity index (χ0n) is 58.1. The molecule has 0 aromatic rings. The summed E-state index contributed by atoms with van der Waals surface area (Å²) < 4.78 is 34.5. The van der Waals surface area contributed by atoms with E-state index >= 15 is 0 Å². The lowest BCUT2D eigenvalue weighted by molar-refractivity contribution is -0.379. The lowest BCUT2D eigenvalue weighted by Gasteiger charge is -2.48. The van der Waals surface area contributed by atoms with Gasteiger partial charge in [0.25, 0.3) is 0 Å². The molecule has 17 atom stereocenters. The predicted octanol–water partition coefficient (Wildman–Crippen LogP) is 11.5. The van der Waals surface area contributed by atoms with Gasteiger partial charge in [0.2, 0.25) is 5.91 Å². The summed E-state index contributed by atoms with van der Waals surface area (Å²) in [7, 11) is 0. The van der Waals surface area contributed by atoms with Crippen molar-refractivity contribution in [3.05, 3.63) is 0 Å². The second kappa shape index (κ2) is 55.6. The van der Waals surface area contributed by atoms with Crippen LogP contribution in [0.3, 0.4) is 0 Å². The first-order valence-electron chi connectivity index (χ1n) is 38.3. The van der Waals surface area contributed by atoms with Crippen molar-refractivity contribution in [1.29, 1.82) is 0 Å². The average Bonchev–Trinajstić information content (AvgIpc) is 0.837. The number of ether oxygens (including phenoxy) is 6. The van der Waals surface area contributed by atoms with Gasteiger partial charge in [0.1, 0.15) is 73.2 Å². The smallest absolute Gasteiger partial charge is 0.220 e. The molecule has 1 amide bonds. The molecule has 0 bridgehead atoms. The van der Waals surface area contributed by atoms with Crippen molar-refractivity contribution in [3.63, 3.8) is 0 Å². The molecule has 0 aromatic carbocycles. The van der Waals surface area contributed by atoms with Gasteiger partial charge in [-0.3, -0.25) is 4.79 Å². The Morgan fingerprint density at radius 2 is 0.620 bits per heavy atom. The van der Waals surface area contributed by atoms with E-state index in [1.165, 1.54) is 250 Å². The van der Waals surface area contributed by atoms with Crippen LogP contribution in [-0.4, -0.2) is 193 Å². The van der Waals surface area contributed by atoms with Gasteiger partial charge in [0, 0.05) is 6.42 Å². The van der Waals surface area contributed by atoms with Crippen LogP contribution in [0.5, 0.6) is 0 Å². The highest BCUT2D eigenvalue weighted by Crippen LogP contribution is 2.33. The molecule has 92 heavy (non-hydrogen) atoms. The fourth-order valence-electron chi connectivity index (χ4n) is 13.5. The molecule has 17 unspecified atom stereocenters. The summed E-state index contributed by atoms with van der Waals surface area (Å²) in [5.41, 5.74) is 0. The minimum atomic E-state index is -1.97. The standard InChI is InChI=1S/C73H141NO18/c1-3-5-7-9-11-13-15-17-19-21-23-25-27-28-29-31-33-35-37-39-41-43-45-47-49-51-61(79)74-56(57(78)50-48-46-44-42-40-38-36-34-32-30-26-24-22-20-18-16-14-12-10-8-6-4-2)55-87-71-67(85)64(82)69(59(53-76)89-71)92-73-68(86)65(83)70(60(54-77)90-73)91-72-66(84)63(81)62(80)58(52-75)88-72/h56-60,62-73,75-78,80-86H,3-55H2,1-2H3,(H,74,79). The summed E-state index contributed by atoms with van der Waals surface area (Å²) in [5.74, 6) is -0.233. The van der Waals surface area contributed by atoms with Crippen LogP contribution in [0, 0.1) is 0 Å². The van der Waals surface area contributed by atoms with Gasteiger partial charge < -0.3 is 89.9 Å². The van der Waals surface area contributed by atoms with Crippen molar-refractivity contribution in [3.8, 4) is 0 Å². The number of carbonyl (C=O) groups excluding carboxylic acids is 1. The summed E-state index contributed by atoms with van der Waals surface area (Å²) in [6, 6.07) is -0.882. The van der Waals surface area contributed by atoms with Crippen LogP contribution < -0.4 is 5.32 Å². The van der Waals surface area contributed by atoms with Crippen LogP contribution in [-0.2, 0) is 33.2 Å². The van der Waals surface area contributed by atoms with E-state index in [-0.39, 0.29) is 18.9 Å². The number of carbonyl (C=O) groups is 1. The largest absolute Gasteiger partial charge is 0.394 e. The van der Waals surface area contributed by atoms with Crippen LogP contribution in [0.1, 0.15) is 328 Å². The minimum absolute atomic E-state index is 0.233. The number of aliphatic hydroxyl groups excluding tert-OH is 11. The molecule has 19 nitrogen and oxygen atoms in total. The van der Waals surface area contributed by atoms with E-state index in [4.69, 9.17) is 28.4 Å². The highest BCUT2D eigenvalue weighted by molar-refractivity contribution is 5.76. The molecule has 0 aromatic heterocycles. The Kier molecular flexibility index (Phi) is 51.4. The molecule has 3 heterocycles. The maximum absolute atomic E-state index is 13.5. The Balaban J connectivity index is 1.39. The lowest BCUT2D eigenvalue weighted by Crippen LogP contribution is -2.66. The molecule has 0 radical (unpaired) electrons. The lowest BCUT2D eigenvalue weighted by atomic mass is 9.96. The van der Waals surface area contributed by atoms with Crippen LogP contribution >= 0.6 is 0 Å². The molecule has 19 heteroatoms. The van der Waals surface area contributed by atoms with Gasteiger partial charge in [-0.05, 0) is 12.8 Å². The van der Waals surface area contributed by atoms with Gasteiger partial charge in [-0.2, -0.15) is 0 Å². The summed E-state index contributed by atoms with van der Waals surface area (Å²) in [6.45, 7) is 1.87. The van der Waals surface area contributed by atoms with Crippen molar-refractivity contribution < 1.29 is 89.4 Å².